The van der Waals surface area contributed by atoms with Gasteiger partial charge in [-0.05, 0) is 410 Å². The van der Waals surface area contributed by atoms with E-state index in [1.807, 2.05) is 6.20 Å². The normalized spacial score (nSPS) is 46.0. The standard InChI is InChI=1S/3C26H35F2NO.C25H34FNO/c3*1-15-19-5-4-18-21-7-6-20(16-12-17(24(27)28)14-29-13-16)26(21,3)10-8-22(18)25(19,2)11-9-23(15)30;1-15-19-5-4-18-21-7-6-20(16-12-17(26)14-27-13-16)25(21,3)10-8-22(18)24(19,2)11-9-23(15)28/h3*6,12-15,18-19,21-24,30H,4-5,7-11H2,1-3H3;6,12-15,18-19,21-23,28H,4-5,7-11H2,1-3H3/t15?,18-,19?,21-,22-,23?,25-,26+;15-,18+,19?,21+,22+,23-,25+,26-;15-,18-,19?,21-,22-,23-,25-,26+;15?,18-,19?,21-,22-,23?,24-,25+/m0100/s1. The molecule has 4 aromatic heterocycles. The average molecular weight is 1630 g/mol. The van der Waals surface area contributed by atoms with Gasteiger partial charge >= 0.3 is 0 Å². The number of rotatable bonds is 7. The molecule has 0 bridgehead atoms. The fourth-order valence-corrected chi connectivity index (χ4v) is 33.6. The highest BCUT2D eigenvalue weighted by Gasteiger charge is 2.66. The van der Waals surface area contributed by atoms with Crippen molar-refractivity contribution in [3.63, 3.8) is 0 Å². The van der Waals surface area contributed by atoms with Crippen molar-refractivity contribution in [1.82, 2.24) is 19.9 Å². The lowest BCUT2D eigenvalue weighted by Gasteiger charge is -2.62. The molecule has 8 unspecified atom stereocenters. The maximum atomic E-state index is 13.8. The molecule has 20 rings (SSSR count). The zero-order valence-electron chi connectivity index (χ0n) is 72.8. The first kappa shape index (κ1) is 85.1. The molecule has 4 aromatic rings. The van der Waals surface area contributed by atoms with E-state index in [1.165, 1.54) is 137 Å². The second kappa shape index (κ2) is 31.8. The molecule has 0 aliphatic heterocycles. The number of aliphatic hydroxyl groups excluding tert-OH is 4. The van der Waals surface area contributed by atoms with Gasteiger partial charge in [0.15, 0.2) is 0 Å². The number of fused-ring (bicyclic) bond motifs is 20. The molecule has 0 spiro atoms. The summed E-state index contributed by atoms with van der Waals surface area (Å²) < 4.78 is 93.4. The van der Waals surface area contributed by atoms with Crippen molar-refractivity contribution in [2.75, 3.05) is 0 Å². The van der Waals surface area contributed by atoms with Crippen LogP contribution in [0.5, 0.6) is 0 Å². The topological polar surface area (TPSA) is 132 Å². The molecule has 32 atom stereocenters. The molecule has 12 fully saturated rings. The van der Waals surface area contributed by atoms with Gasteiger partial charge in [0.1, 0.15) is 5.82 Å². The largest absolute Gasteiger partial charge is 0.393 e. The van der Waals surface area contributed by atoms with Gasteiger partial charge in [0.05, 0.1) is 30.6 Å². The summed E-state index contributed by atoms with van der Waals surface area (Å²) in [4.78, 5) is 16.5. The van der Waals surface area contributed by atoms with Crippen molar-refractivity contribution in [2.24, 2.45) is 162 Å². The Kier molecular flexibility index (Phi) is 23.0. The Morgan fingerprint density at radius 2 is 0.508 bits per heavy atom. The molecule has 15 heteroatoms. The minimum Gasteiger partial charge on any atom is -0.393 e. The number of allylic oxidation sites excluding steroid dienone is 8. The van der Waals surface area contributed by atoms with Gasteiger partial charge < -0.3 is 20.4 Å². The summed E-state index contributed by atoms with van der Waals surface area (Å²) in [5.74, 6) is 12.3. The Morgan fingerprint density at radius 3 is 0.737 bits per heavy atom. The van der Waals surface area contributed by atoms with Crippen LogP contribution in [-0.4, -0.2) is 64.8 Å². The Balaban J connectivity index is 0.000000113. The number of alkyl halides is 6. The summed E-state index contributed by atoms with van der Waals surface area (Å²) >= 11 is 0. The predicted octanol–water partition coefficient (Wildman–Crippen LogP) is 25.8. The number of aromatic nitrogens is 4. The highest BCUT2D eigenvalue weighted by molar-refractivity contribution is 5.76. The summed E-state index contributed by atoms with van der Waals surface area (Å²) in [6, 6.07) is 6.64. The second-order valence-corrected chi connectivity index (χ2v) is 44.2. The number of halogens is 7. The van der Waals surface area contributed by atoms with Crippen molar-refractivity contribution in [3.05, 3.63) is 143 Å². The third-order valence-corrected chi connectivity index (χ3v) is 40.0. The van der Waals surface area contributed by atoms with Crippen molar-refractivity contribution < 1.29 is 51.2 Å². The van der Waals surface area contributed by atoms with Crippen LogP contribution < -0.4 is 0 Å². The quantitative estimate of drug-likeness (QED) is 0.135. The molecule has 12 saturated carbocycles. The lowest BCUT2D eigenvalue weighted by atomic mass is 9.43. The van der Waals surface area contributed by atoms with Gasteiger partial charge in [0.25, 0.3) is 19.3 Å². The van der Waals surface area contributed by atoms with Crippen LogP contribution in [0.15, 0.2) is 98.1 Å². The second-order valence-electron chi connectivity index (χ2n) is 44.2. The Morgan fingerprint density at radius 1 is 0.280 bits per heavy atom. The number of nitrogens with zero attached hydrogens (tertiary/aromatic N) is 4. The predicted molar refractivity (Wildman–Crippen MR) is 454 cm³/mol. The van der Waals surface area contributed by atoms with Crippen LogP contribution in [-0.2, 0) is 0 Å². The van der Waals surface area contributed by atoms with Crippen LogP contribution in [0.4, 0.5) is 30.7 Å². The van der Waals surface area contributed by atoms with E-state index < -0.39 is 19.3 Å². The van der Waals surface area contributed by atoms with Crippen LogP contribution >= 0.6 is 0 Å². The van der Waals surface area contributed by atoms with Gasteiger partial charge in [0, 0.05) is 60.1 Å². The van der Waals surface area contributed by atoms with Gasteiger partial charge in [-0.15, -0.1) is 0 Å². The molecular weight excluding hydrogens is 1490 g/mol. The third-order valence-electron chi connectivity index (χ3n) is 40.0. The van der Waals surface area contributed by atoms with E-state index in [2.05, 4.69) is 127 Å². The van der Waals surface area contributed by atoms with E-state index in [-0.39, 0.29) is 68.6 Å². The van der Waals surface area contributed by atoms with Gasteiger partial charge in [-0.3, -0.25) is 19.9 Å². The maximum Gasteiger partial charge on any atom is 0.265 e. The minimum absolute atomic E-state index is 0.0249. The summed E-state index contributed by atoms with van der Waals surface area (Å²) in [5.41, 5.74) is 10.6. The highest BCUT2D eigenvalue weighted by atomic mass is 19.3. The Labute approximate surface area is 700 Å². The van der Waals surface area contributed by atoms with Gasteiger partial charge in [-0.1, -0.05) is 107 Å². The van der Waals surface area contributed by atoms with Gasteiger partial charge in [-0.25, -0.2) is 30.7 Å². The SMILES string of the molecule is CC1C(O)CC[C@@]2(C)C1CC[C@@H]1[C@@H]2CC[C@]2(C)C(c3cncc(C(F)F)c3)=CC[C@@H]12.CC1C(O)CC[C@@]2(C)C1CC[C@@H]1[C@@H]2CC[C@]2(C)C(c3cncc(F)c3)=CC[C@@H]12.C[C@@H]1C2CC[C@@H]3[C@H](CC[C@]4(C)C(c5cncc(C(F)F)c5)=CC[C@@H]34)[C@@]2(C)CC[C@H]1O.C[C@H]1C2CC[C@@H]3[C@H](CC[C@]4(C)C(c5cncc(C(F)F)c5)=CC[C@@H]34)[C@@]2(C)CC[C@@H]1O. The molecule has 8 nitrogen and oxygen atoms in total. The fourth-order valence-electron chi connectivity index (χ4n) is 33.6. The van der Waals surface area contributed by atoms with Crippen LogP contribution in [0.1, 0.15) is 321 Å². The van der Waals surface area contributed by atoms with Crippen molar-refractivity contribution in [1.29, 1.82) is 0 Å². The first-order valence-electron chi connectivity index (χ1n) is 47.0. The lowest BCUT2D eigenvalue weighted by molar-refractivity contribution is -0.138. The molecular formula is C103H139F7N4O4. The third kappa shape index (κ3) is 13.9. The minimum atomic E-state index is -2.47. The smallest absolute Gasteiger partial charge is 0.265 e. The van der Waals surface area contributed by atoms with Crippen molar-refractivity contribution in [3.8, 4) is 0 Å². The first-order chi connectivity index (χ1) is 56.1. The maximum absolute atomic E-state index is 13.8. The highest BCUT2D eigenvalue weighted by Crippen LogP contribution is 2.74. The molecule has 0 saturated heterocycles. The van der Waals surface area contributed by atoms with Crippen molar-refractivity contribution >= 4 is 22.3 Å². The summed E-state index contributed by atoms with van der Waals surface area (Å²) in [7, 11) is 0. The zero-order valence-corrected chi connectivity index (χ0v) is 72.8. The van der Waals surface area contributed by atoms with E-state index in [0.29, 0.717) is 110 Å². The zero-order chi connectivity index (χ0) is 83.5. The summed E-state index contributed by atoms with van der Waals surface area (Å²) in [6.07, 6.45) is 46.0. The van der Waals surface area contributed by atoms with Gasteiger partial charge in [0.2, 0.25) is 0 Å². The van der Waals surface area contributed by atoms with E-state index in [4.69, 9.17) is 0 Å². The molecule has 0 aromatic carbocycles. The van der Waals surface area contributed by atoms with Crippen LogP contribution in [0.25, 0.3) is 22.3 Å². The van der Waals surface area contributed by atoms with E-state index in [0.717, 1.165) is 142 Å². The molecule has 118 heavy (non-hydrogen) atoms. The Hall–Kier alpha value is -5.09. The molecule has 0 amide bonds. The first-order valence-corrected chi connectivity index (χ1v) is 47.0. The van der Waals surface area contributed by atoms with Crippen molar-refractivity contribution in [2.45, 2.75) is 307 Å². The molecule has 4 heterocycles. The van der Waals surface area contributed by atoms with Crippen LogP contribution in [0.3, 0.4) is 0 Å². The molecule has 0 radical (unpaired) electrons. The van der Waals surface area contributed by atoms with Crippen LogP contribution in [0, 0.1) is 167 Å². The molecule has 16 aliphatic rings. The average Bonchev–Trinajstić information content (AvgIpc) is 1.39. The number of hydrogen-bond acceptors (Lipinski definition) is 8. The summed E-state index contributed by atoms with van der Waals surface area (Å²) in [5, 5.41) is 41.9. The number of hydrogen-bond donors (Lipinski definition) is 4. The molecule has 644 valence electrons. The fraction of sp³-hybridized carbons (Fsp3) is 0.728. The van der Waals surface area contributed by atoms with Crippen LogP contribution in [0.2, 0.25) is 0 Å². The van der Waals surface area contributed by atoms with E-state index >= 15 is 0 Å². The van der Waals surface area contributed by atoms with E-state index in [1.54, 1.807) is 42.9 Å². The molecule has 16 aliphatic carbocycles. The van der Waals surface area contributed by atoms with Gasteiger partial charge in [-0.2, -0.15) is 0 Å². The summed E-state index contributed by atoms with van der Waals surface area (Å²) in [6.45, 7) is 28.7. The lowest BCUT2D eigenvalue weighted by Crippen LogP contribution is -2.55. The monoisotopic (exact) mass is 1630 g/mol. The number of pyridine rings is 4. The number of aliphatic hydroxyl groups is 4. The van der Waals surface area contributed by atoms with E-state index in [9.17, 15) is 51.2 Å². The molecule has 4 N–H and O–H groups in total. The Bertz CT molecular complexity index is 4140.